The smallest absolute Gasteiger partial charge is 0.278 e. The van der Waals surface area contributed by atoms with Gasteiger partial charge in [0, 0.05) is 11.6 Å². The molecule has 84 valence electrons. The van der Waals surface area contributed by atoms with Gasteiger partial charge in [-0.15, -0.1) is 0 Å². The first kappa shape index (κ1) is 10.4. The second-order valence-electron chi connectivity index (χ2n) is 3.61. The summed E-state index contributed by atoms with van der Waals surface area (Å²) >= 11 is 0. The summed E-state index contributed by atoms with van der Waals surface area (Å²) in [6, 6.07) is 3.56. The van der Waals surface area contributed by atoms with Gasteiger partial charge in [0.15, 0.2) is 0 Å². The topological polar surface area (TPSA) is 78.1 Å². The van der Waals surface area contributed by atoms with Crippen LogP contribution in [0.2, 0.25) is 0 Å². The molecular formula is C11H13N3O2. The number of aryl methyl sites for hydroxylation is 1. The minimum atomic E-state index is 0.480. The molecule has 0 fully saturated rings. The highest BCUT2D eigenvalue weighted by Crippen LogP contribution is 2.12. The molecule has 2 heterocycles. The quantitative estimate of drug-likeness (QED) is 0.604. The molecule has 0 amide bonds. The molecule has 2 aromatic rings. The van der Waals surface area contributed by atoms with E-state index in [9.17, 15) is 5.21 Å². The highest BCUT2D eigenvalue weighted by atomic mass is 16.5. The monoisotopic (exact) mass is 219 g/mol. The molecule has 0 saturated heterocycles. The first-order valence-electron chi connectivity index (χ1n) is 4.91. The van der Waals surface area contributed by atoms with Gasteiger partial charge in [-0.3, -0.25) is 5.32 Å². The van der Waals surface area contributed by atoms with Gasteiger partial charge in [-0.1, -0.05) is 0 Å². The Kier molecular flexibility index (Phi) is 2.68. The highest BCUT2D eigenvalue weighted by molar-refractivity contribution is 5.47. The summed E-state index contributed by atoms with van der Waals surface area (Å²) in [7, 11) is 0. The number of nitrogens with one attached hydrogen (secondary N) is 1. The van der Waals surface area contributed by atoms with Crippen LogP contribution in [0.4, 0.5) is 11.5 Å². The summed E-state index contributed by atoms with van der Waals surface area (Å²) in [4.78, 5) is 0. The predicted octanol–water partition coefficient (Wildman–Crippen LogP) is 1.42. The van der Waals surface area contributed by atoms with Crippen LogP contribution in [0.25, 0.3) is 0 Å². The molecule has 5 nitrogen and oxygen atoms in total. The number of pyridine rings is 1. The lowest BCUT2D eigenvalue weighted by Gasteiger charge is -2.10. The molecule has 0 spiro atoms. The fourth-order valence-corrected chi connectivity index (χ4v) is 1.36. The number of hydrogen-bond donors (Lipinski definition) is 2. The molecule has 0 saturated carbocycles. The van der Waals surface area contributed by atoms with Crippen LogP contribution in [0.3, 0.4) is 0 Å². The first-order valence-corrected chi connectivity index (χ1v) is 4.91. The minimum Gasteiger partial charge on any atom is -0.711 e. The number of anilines is 2. The van der Waals surface area contributed by atoms with Crippen LogP contribution in [0, 0.1) is 12.1 Å². The van der Waals surface area contributed by atoms with E-state index in [2.05, 4.69) is 5.32 Å². The van der Waals surface area contributed by atoms with Gasteiger partial charge in [-0.05, 0) is 18.6 Å². The highest BCUT2D eigenvalue weighted by Gasteiger charge is 2.07. The van der Waals surface area contributed by atoms with Crippen LogP contribution in [0.15, 0.2) is 35.3 Å². The molecule has 3 N–H and O–H groups in total. The molecule has 0 unspecified atom stereocenters. The number of nitrogens with two attached hydrogens (primary N) is 1. The Labute approximate surface area is 93.1 Å². The van der Waals surface area contributed by atoms with Crippen molar-refractivity contribution < 1.29 is 9.15 Å². The van der Waals surface area contributed by atoms with E-state index in [0.717, 1.165) is 15.9 Å². The summed E-state index contributed by atoms with van der Waals surface area (Å²) in [5, 5.41) is 14.5. The standard InChI is InChI=1S/C11H13N3O2/c1-8-4-11(14(15)6-10(8)12)13-5-9-2-3-16-7-9/h2-4,6-7,13H,5,12H2,1H3. The Bertz CT molecular complexity index is 480. The summed E-state index contributed by atoms with van der Waals surface area (Å²) in [5.74, 6) is 0.480. The van der Waals surface area contributed by atoms with E-state index in [1.807, 2.05) is 13.0 Å². The third-order valence-electron chi connectivity index (χ3n) is 2.36. The second-order valence-corrected chi connectivity index (χ2v) is 3.61. The van der Waals surface area contributed by atoms with E-state index < -0.39 is 0 Å². The zero-order valence-electron chi connectivity index (χ0n) is 8.93. The van der Waals surface area contributed by atoms with Crippen molar-refractivity contribution >= 4 is 11.5 Å². The maximum atomic E-state index is 11.5. The molecule has 2 aromatic heterocycles. The van der Waals surface area contributed by atoms with E-state index in [4.69, 9.17) is 10.2 Å². The van der Waals surface area contributed by atoms with E-state index >= 15 is 0 Å². The number of furan rings is 1. The van der Waals surface area contributed by atoms with E-state index in [1.165, 1.54) is 6.20 Å². The van der Waals surface area contributed by atoms with Crippen LogP contribution in [-0.2, 0) is 6.54 Å². The van der Waals surface area contributed by atoms with E-state index in [-0.39, 0.29) is 0 Å². The van der Waals surface area contributed by atoms with Crippen molar-refractivity contribution in [2.45, 2.75) is 13.5 Å². The Morgan fingerprint density at radius 2 is 2.38 bits per heavy atom. The van der Waals surface area contributed by atoms with Crippen molar-refractivity contribution in [2.75, 3.05) is 11.1 Å². The van der Waals surface area contributed by atoms with E-state index in [1.54, 1.807) is 18.6 Å². The first-order chi connectivity index (χ1) is 7.66. The van der Waals surface area contributed by atoms with Crippen LogP contribution in [0.5, 0.6) is 0 Å². The predicted molar refractivity (Wildman–Crippen MR) is 60.6 cm³/mol. The zero-order valence-corrected chi connectivity index (χ0v) is 8.93. The number of hydrogen-bond acceptors (Lipinski definition) is 4. The second kappa shape index (κ2) is 4.14. The average Bonchev–Trinajstić information content (AvgIpc) is 2.74. The Balaban J connectivity index is 2.12. The fourth-order valence-electron chi connectivity index (χ4n) is 1.36. The number of aromatic nitrogens is 1. The normalized spacial score (nSPS) is 10.3. The van der Waals surface area contributed by atoms with Crippen molar-refractivity contribution in [3.63, 3.8) is 0 Å². The van der Waals surface area contributed by atoms with Gasteiger partial charge >= 0.3 is 0 Å². The Morgan fingerprint density at radius 3 is 3.06 bits per heavy atom. The SMILES string of the molecule is Cc1cc(NCc2ccoc2)[n+]([O-])cc1N. The third kappa shape index (κ3) is 2.08. The molecule has 5 heteroatoms. The van der Waals surface area contributed by atoms with Crippen LogP contribution in [-0.4, -0.2) is 0 Å². The van der Waals surface area contributed by atoms with Crippen molar-refractivity contribution in [3.8, 4) is 0 Å². The van der Waals surface area contributed by atoms with Crippen LogP contribution in [0.1, 0.15) is 11.1 Å². The maximum absolute atomic E-state index is 11.5. The van der Waals surface area contributed by atoms with Gasteiger partial charge in [0.1, 0.15) is 12.7 Å². The number of rotatable bonds is 3. The molecule has 16 heavy (non-hydrogen) atoms. The number of nitrogen functional groups attached to an aromatic ring is 1. The Morgan fingerprint density at radius 1 is 1.56 bits per heavy atom. The average molecular weight is 219 g/mol. The summed E-state index contributed by atoms with van der Waals surface area (Å²) in [5.41, 5.74) is 7.96. The lowest BCUT2D eigenvalue weighted by atomic mass is 10.2. The summed E-state index contributed by atoms with van der Waals surface area (Å²) in [6.45, 7) is 2.40. The maximum Gasteiger partial charge on any atom is 0.278 e. The van der Waals surface area contributed by atoms with Crippen LogP contribution >= 0.6 is 0 Å². The van der Waals surface area contributed by atoms with Crippen molar-refractivity contribution in [1.29, 1.82) is 0 Å². The van der Waals surface area contributed by atoms with E-state index in [0.29, 0.717) is 18.1 Å². The molecule has 0 radical (unpaired) electrons. The summed E-state index contributed by atoms with van der Waals surface area (Å²) in [6.07, 6.45) is 4.58. The molecule has 2 rings (SSSR count). The van der Waals surface area contributed by atoms with Crippen molar-refractivity contribution in [2.24, 2.45) is 0 Å². The third-order valence-corrected chi connectivity index (χ3v) is 2.36. The lowest BCUT2D eigenvalue weighted by Crippen LogP contribution is -2.31. The molecule has 0 atom stereocenters. The van der Waals surface area contributed by atoms with Gasteiger partial charge in [-0.25, -0.2) is 4.73 Å². The van der Waals surface area contributed by atoms with Gasteiger partial charge in [-0.2, -0.15) is 0 Å². The largest absolute Gasteiger partial charge is 0.711 e. The summed E-state index contributed by atoms with van der Waals surface area (Å²) < 4.78 is 5.66. The minimum absolute atomic E-state index is 0.480. The Hall–Kier alpha value is -2.17. The van der Waals surface area contributed by atoms with Gasteiger partial charge in [0.25, 0.3) is 5.82 Å². The van der Waals surface area contributed by atoms with Gasteiger partial charge in [0.05, 0.1) is 18.2 Å². The van der Waals surface area contributed by atoms with Crippen molar-refractivity contribution in [1.82, 2.24) is 0 Å². The molecule has 0 aliphatic carbocycles. The molecule has 0 aliphatic heterocycles. The molecular weight excluding hydrogens is 206 g/mol. The molecule has 0 bridgehead atoms. The molecule has 0 aliphatic rings. The fraction of sp³-hybridized carbons (Fsp3) is 0.182. The van der Waals surface area contributed by atoms with Crippen molar-refractivity contribution in [3.05, 3.63) is 47.2 Å². The lowest BCUT2D eigenvalue weighted by molar-refractivity contribution is -0.589. The van der Waals surface area contributed by atoms with Gasteiger partial charge < -0.3 is 15.4 Å². The number of nitrogens with zero attached hydrogens (tertiary/aromatic N) is 1. The zero-order chi connectivity index (χ0) is 11.5. The van der Waals surface area contributed by atoms with Crippen LogP contribution < -0.4 is 15.8 Å². The molecule has 0 aromatic carbocycles. The van der Waals surface area contributed by atoms with Gasteiger partial charge in [0.2, 0.25) is 0 Å².